The summed E-state index contributed by atoms with van der Waals surface area (Å²) in [7, 11) is 0. The van der Waals surface area contributed by atoms with Crippen molar-refractivity contribution < 1.29 is 9.59 Å². The van der Waals surface area contributed by atoms with Crippen LogP contribution in [-0.4, -0.2) is 57.4 Å². The van der Waals surface area contributed by atoms with Crippen LogP contribution in [0.4, 0.5) is 4.79 Å². The van der Waals surface area contributed by atoms with Gasteiger partial charge in [-0.1, -0.05) is 30.3 Å². The van der Waals surface area contributed by atoms with E-state index in [-0.39, 0.29) is 18.0 Å². The van der Waals surface area contributed by atoms with Crippen molar-refractivity contribution in [3.63, 3.8) is 0 Å². The van der Waals surface area contributed by atoms with Crippen LogP contribution < -0.4 is 0 Å². The standard InChI is InChI=1S/C19H25N3O2/c1-14-11-16(13-20(14)12-15-7-4-3-5-8-15)22-17(23)19(2)9-6-10-21(19)18(22)24/h3-5,7-8,14,16H,6,9-13H2,1-2H3/t14-,16-,19+/m1/s1. The van der Waals surface area contributed by atoms with Crippen molar-refractivity contribution in [2.75, 3.05) is 13.1 Å². The molecule has 3 fully saturated rings. The monoisotopic (exact) mass is 327 g/mol. The first-order valence-electron chi connectivity index (χ1n) is 8.94. The summed E-state index contributed by atoms with van der Waals surface area (Å²) in [6.07, 6.45) is 2.60. The van der Waals surface area contributed by atoms with Gasteiger partial charge >= 0.3 is 6.03 Å². The Balaban J connectivity index is 1.50. The highest BCUT2D eigenvalue weighted by molar-refractivity contribution is 6.07. The van der Waals surface area contributed by atoms with Gasteiger partial charge in [-0.3, -0.25) is 14.6 Å². The number of rotatable bonds is 3. The van der Waals surface area contributed by atoms with E-state index in [4.69, 9.17) is 0 Å². The van der Waals surface area contributed by atoms with Gasteiger partial charge in [-0.25, -0.2) is 4.79 Å². The summed E-state index contributed by atoms with van der Waals surface area (Å²) in [6.45, 7) is 6.48. The molecule has 0 radical (unpaired) electrons. The molecular formula is C19H25N3O2. The van der Waals surface area contributed by atoms with Gasteiger partial charge in [0.1, 0.15) is 5.54 Å². The van der Waals surface area contributed by atoms with Crippen molar-refractivity contribution >= 4 is 11.9 Å². The number of nitrogens with zero attached hydrogens (tertiary/aromatic N) is 3. The summed E-state index contributed by atoms with van der Waals surface area (Å²) in [5.74, 6) is 0.0174. The quantitative estimate of drug-likeness (QED) is 0.801. The van der Waals surface area contributed by atoms with Crippen LogP contribution in [0.25, 0.3) is 0 Å². The van der Waals surface area contributed by atoms with Gasteiger partial charge in [0, 0.05) is 25.7 Å². The predicted octanol–water partition coefficient (Wildman–Crippen LogP) is 2.47. The molecule has 3 atom stereocenters. The Bertz CT molecular complexity index is 662. The van der Waals surface area contributed by atoms with Crippen LogP contribution in [0.3, 0.4) is 0 Å². The highest BCUT2D eigenvalue weighted by atomic mass is 16.2. The van der Waals surface area contributed by atoms with Gasteiger partial charge in [0.05, 0.1) is 6.04 Å². The topological polar surface area (TPSA) is 43.9 Å². The number of imide groups is 1. The van der Waals surface area contributed by atoms with E-state index in [0.717, 1.165) is 32.4 Å². The van der Waals surface area contributed by atoms with Crippen molar-refractivity contribution in [3.05, 3.63) is 35.9 Å². The Morgan fingerprint density at radius 3 is 2.67 bits per heavy atom. The van der Waals surface area contributed by atoms with E-state index < -0.39 is 5.54 Å². The van der Waals surface area contributed by atoms with Crippen LogP contribution in [0.5, 0.6) is 0 Å². The van der Waals surface area contributed by atoms with Crippen LogP contribution >= 0.6 is 0 Å². The molecular weight excluding hydrogens is 302 g/mol. The molecule has 0 bridgehead atoms. The van der Waals surface area contributed by atoms with Crippen molar-refractivity contribution in [1.29, 1.82) is 0 Å². The normalized spacial score (nSPS) is 33.6. The van der Waals surface area contributed by atoms with Gasteiger partial charge in [0.2, 0.25) is 0 Å². The number of hydrogen-bond acceptors (Lipinski definition) is 3. The van der Waals surface area contributed by atoms with Crippen LogP contribution in [0, 0.1) is 0 Å². The molecule has 3 aliphatic heterocycles. The van der Waals surface area contributed by atoms with Gasteiger partial charge < -0.3 is 4.90 Å². The molecule has 3 heterocycles. The zero-order chi connectivity index (χ0) is 16.9. The lowest BCUT2D eigenvalue weighted by Gasteiger charge is -2.24. The van der Waals surface area contributed by atoms with Crippen molar-refractivity contribution in [2.24, 2.45) is 0 Å². The highest BCUT2D eigenvalue weighted by Crippen LogP contribution is 2.40. The predicted molar refractivity (Wildman–Crippen MR) is 91.3 cm³/mol. The number of benzene rings is 1. The summed E-state index contributed by atoms with van der Waals surface area (Å²) in [5.41, 5.74) is 0.685. The van der Waals surface area contributed by atoms with E-state index in [1.54, 1.807) is 9.80 Å². The second-order valence-corrected chi connectivity index (χ2v) is 7.64. The molecule has 0 N–H and O–H groups in total. The van der Waals surface area contributed by atoms with Crippen LogP contribution in [0.1, 0.15) is 38.7 Å². The first-order valence-corrected chi connectivity index (χ1v) is 8.94. The Morgan fingerprint density at radius 2 is 1.96 bits per heavy atom. The number of amides is 3. The largest absolute Gasteiger partial charge is 0.327 e. The molecule has 3 amide bonds. The van der Waals surface area contributed by atoms with Gasteiger partial charge in [-0.2, -0.15) is 0 Å². The SMILES string of the molecule is C[C@@H]1C[C@@H](N2C(=O)N3CCC[C@@]3(C)C2=O)CN1Cc1ccccc1. The number of carbonyl (C=O) groups excluding carboxylic acids is 2. The van der Waals surface area contributed by atoms with E-state index in [1.807, 2.05) is 13.0 Å². The van der Waals surface area contributed by atoms with Crippen LogP contribution in [-0.2, 0) is 11.3 Å². The number of urea groups is 1. The maximum Gasteiger partial charge on any atom is 0.327 e. The molecule has 0 spiro atoms. The maximum atomic E-state index is 12.9. The summed E-state index contributed by atoms with van der Waals surface area (Å²) in [5, 5.41) is 0. The number of fused-ring (bicyclic) bond motifs is 1. The molecule has 5 nitrogen and oxygen atoms in total. The fraction of sp³-hybridized carbons (Fsp3) is 0.579. The first kappa shape index (κ1) is 15.6. The summed E-state index contributed by atoms with van der Waals surface area (Å²) >= 11 is 0. The van der Waals surface area contributed by atoms with Crippen molar-refractivity contribution in [3.8, 4) is 0 Å². The zero-order valence-electron chi connectivity index (χ0n) is 14.4. The first-order chi connectivity index (χ1) is 11.5. The summed E-state index contributed by atoms with van der Waals surface area (Å²) < 4.78 is 0. The van der Waals surface area contributed by atoms with Gasteiger partial charge in [0.15, 0.2) is 0 Å². The maximum absolute atomic E-state index is 12.9. The zero-order valence-corrected chi connectivity index (χ0v) is 14.4. The lowest BCUT2D eigenvalue weighted by atomic mass is 9.98. The molecule has 3 aliphatic rings. The number of likely N-dealkylation sites (tertiary alicyclic amines) is 1. The van der Waals surface area contributed by atoms with Gasteiger partial charge in [-0.05, 0) is 38.7 Å². The van der Waals surface area contributed by atoms with E-state index in [2.05, 4.69) is 36.1 Å². The average molecular weight is 327 g/mol. The van der Waals surface area contributed by atoms with E-state index in [9.17, 15) is 9.59 Å². The third-order valence-electron chi connectivity index (χ3n) is 6.03. The lowest BCUT2D eigenvalue weighted by Crippen LogP contribution is -2.45. The molecule has 24 heavy (non-hydrogen) atoms. The minimum atomic E-state index is -0.590. The molecule has 5 heteroatoms. The van der Waals surface area contributed by atoms with E-state index in [1.165, 1.54) is 5.56 Å². The number of hydrogen-bond donors (Lipinski definition) is 0. The van der Waals surface area contributed by atoms with Crippen LogP contribution in [0.2, 0.25) is 0 Å². The molecule has 4 rings (SSSR count). The second-order valence-electron chi connectivity index (χ2n) is 7.64. The minimum absolute atomic E-state index is 0.00568. The van der Waals surface area contributed by atoms with Crippen molar-refractivity contribution in [2.45, 2.75) is 57.3 Å². The van der Waals surface area contributed by atoms with Gasteiger partial charge in [0.25, 0.3) is 5.91 Å². The van der Waals surface area contributed by atoms with Crippen LogP contribution in [0.15, 0.2) is 30.3 Å². The molecule has 1 aromatic rings. The molecule has 0 saturated carbocycles. The Labute approximate surface area is 143 Å². The Morgan fingerprint density at radius 1 is 1.21 bits per heavy atom. The Hall–Kier alpha value is -1.88. The number of carbonyl (C=O) groups is 2. The Kier molecular flexibility index (Phi) is 3.64. The molecule has 0 unspecified atom stereocenters. The van der Waals surface area contributed by atoms with Crippen molar-refractivity contribution in [1.82, 2.24) is 14.7 Å². The summed E-state index contributed by atoms with van der Waals surface area (Å²) in [6, 6.07) is 10.7. The highest BCUT2D eigenvalue weighted by Gasteiger charge is 2.58. The molecule has 128 valence electrons. The fourth-order valence-corrected chi connectivity index (χ4v) is 4.58. The lowest BCUT2D eigenvalue weighted by molar-refractivity contribution is -0.133. The second kappa shape index (κ2) is 5.59. The average Bonchev–Trinajstić information content (AvgIpc) is 3.17. The van der Waals surface area contributed by atoms with Gasteiger partial charge in [-0.15, -0.1) is 0 Å². The molecule has 0 aromatic heterocycles. The smallest absolute Gasteiger partial charge is 0.310 e. The third kappa shape index (κ3) is 2.25. The molecule has 1 aromatic carbocycles. The van der Waals surface area contributed by atoms with E-state index >= 15 is 0 Å². The minimum Gasteiger partial charge on any atom is -0.310 e. The third-order valence-corrected chi connectivity index (χ3v) is 6.03. The fourth-order valence-electron chi connectivity index (χ4n) is 4.58. The summed E-state index contributed by atoms with van der Waals surface area (Å²) in [4.78, 5) is 31.4. The molecule has 3 saturated heterocycles. The van der Waals surface area contributed by atoms with E-state index in [0.29, 0.717) is 12.6 Å². The molecule has 0 aliphatic carbocycles.